The lowest BCUT2D eigenvalue weighted by Crippen LogP contribution is -2.37. The molecule has 0 saturated carbocycles. The van der Waals surface area contributed by atoms with E-state index in [-0.39, 0.29) is 16.8 Å². The molecular formula is C17H25NO3S. The molecule has 1 aliphatic rings. The lowest BCUT2D eigenvalue weighted by Gasteiger charge is -2.29. The zero-order valence-electron chi connectivity index (χ0n) is 13.8. The second kappa shape index (κ2) is 6.92. The molecule has 0 spiro atoms. The number of hydrogen-bond acceptors (Lipinski definition) is 3. The molecule has 1 aromatic carbocycles. The van der Waals surface area contributed by atoms with E-state index in [0.717, 1.165) is 30.4 Å². The molecule has 0 amide bonds. The maximum atomic E-state index is 12.3. The van der Waals surface area contributed by atoms with Gasteiger partial charge in [-0.3, -0.25) is 0 Å². The number of ether oxygens (including phenoxy) is 1. The Balaban J connectivity index is 2.21. The number of benzene rings is 1. The van der Waals surface area contributed by atoms with Gasteiger partial charge in [0.1, 0.15) is 0 Å². The molecule has 122 valence electrons. The van der Waals surface area contributed by atoms with Gasteiger partial charge in [-0.25, -0.2) is 13.7 Å². The van der Waals surface area contributed by atoms with Crippen LogP contribution in [0.5, 0.6) is 0 Å². The molecule has 4 nitrogen and oxygen atoms in total. The fourth-order valence-corrected chi connectivity index (χ4v) is 3.44. The average molecular weight is 323 g/mol. The topological polar surface area (TPSA) is 55.4 Å². The SMILES string of the molecule is CCOC(=O)c1ccc2c(c1)CCC[C@@H]2N[S@@](=O)C(C)(C)C. The molecule has 22 heavy (non-hydrogen) atoms. The van der Waals surface area contributed by atoms with Crippen molar-refractivity contribution in [1.82, 2.24) is 4.72 Å². The van der Waals surface area contributed by atoms with Crippen LogP contribution in [0.15, 0.2) is 18.2 Å². The minimum atomic E-state index is -1.10. The average Bonchev–Trinajstić information content (AvgIpc) is 2.46. The van der Waals surface area contributed by atoms with Gasteiger partial charge in [-0.2, -0.15) is 0 Å². The van der Waals surface area contributed by atoms with Crippen LogP contribution in [0, 0.1) is 0 Å². The Morgan fingerprint density at radius 1 is 1.41 bits per heavy atom. The molecule has 0 aromatic heterocycles. The summed E-state index contributed by atoms with van der Waals surface area (Å²) in [6.07, 6.45) is 2.94. The molecule has 0 saturated heterocycles. The number of carbonyl (C=O) groups excluding carboxylic acids is 1. The highest BCUT2D eigenvalue weighted by atomic mass is 32.2. The van der Waals surface area contributed by atoms with E-state index in [1.54, 1.807) is 13.0 Å². The van der Waals surface area contributed by atoms with Crippen LogP contribution < -0.4 is 4.72 Å². The summed E-state index contributed by atoms with van der Waals surface area (Å²) in [4.78, 5) is 11.8. The monoisotopic (exact) mass is 323 g/mol. The largest absolute Gasteiger partial charge is 0.462 e. The van der Waals surface area contributed by atoms with Crippen LogP contribution in [0.3, 0.4) is 0 Å². The first-order valence-corrected chi connectivity index (χ1v) is 8.96. The van der Waals surface area contributed by atoms with Crippen molar-refractivity contribution in [2.75, 3.05) is 6.61 Å². The first kappa shape index (κ1) is 17.2. The zero-order valence-corrected chi connectivity index (χ0v) is 14.6. The molecule has 0 bridgehead atoms. The number of nitrogens with one attached hydrogen (secondary N) is 1. The highest BCUT2D eigenvalue weighted by molar-refractivity contribution is 7.84. The van der Waals surface area contributed by atoms with Gasteiger partial charge in [0.05, 0.1) is 27.9 Å². The number of hydrogen-bond donors (Lipinski definition) is 1. The summed E-state index contributed by atoms with van der Waals surface area (Å²) in [6.45, 7) is 8.07. The van der Waals surface area contributed by atoms with E-state index in [1.165, 1.54) is 0 Å². The van der Waals surface area contributed by atoms with Crippen LogP contribution in [0.2, 0.25) is 0 Å². The quantitative estimate of drug-likeness (QED) is 0.865. The number of esters is 1. The summed E-state index contributed by atoms with van der Waals surface area (Å²) < 4.78 is 20.3. The van der Waals surface area contributed by atoms with Crippen molar-refractivity contribution >= 4 is 17.0 Å². The molecule has 2 rings (SSSR count). The molecule has 0 unspecified atom stereocenters. The standard InChI is InChI=1S/C17H25NO3S/c1-5-21-16(19)13-9-10-14-12(11-13)7-6-8-15(14)18-22(20)17(2,3)4/h9-11,15,18H,5-8H2,1-4H3/t15-,22-/m0/s1. The third-order valence-electron chi connectivity index (χ3n) is 3.77. The second-order valence-corrected chi connectivity index (χ2v) is 8.58. The van der Waals surface area contributed by atoms with Crippen LogP contribution in [0.1, 0.15) is 68.1 Å². The van der Waals surface area contributed by atoms with Crippen molar-refractivity contribution < 1.29 is 13.7 Å². The number of aryl methyl sites for hydroxylation is 1. The van der Waals surface area contributed by atoms with Gasteiger partial charge in [0.15, 0.2) is 0 Å². The van der Waals surface area contributed by atoms with Gasteiger partial charge in [0.2, 0.25) is 0 Å². The van der Waals surface area contributed by atoms with Crippen molar-refractivity contribution in [2.45, 2.75) is 57.7 Å². The highest BCUT2D eigenvalue weighted by Gasteiger charge is 2.27. The summed E-state index contributed by atoms with van der Waals surface area (Å²) in [5.41, 5.74) is 2.90. The van der Waals surface area contributed by atoms with Crippen molar-refractivity contribution in [3.63, 3.8) is 0 Å². The van der Waals surface area contributed by atoms with Gasteiger partial charge in [0, 0.05) is 6.04 Å². The molecule has 1 aliphatic carbocycles. The number of fused-ring (bicyclic) bond motifs is 1. The predicted octanol–water partition coefficient (Wildman–Crippen LogP) is 3.29. The lowest BCUT2D eigenvalue weighted by molar-refractivity contribution is 0.0526. The van der Waals surface area contributed by atoms with Gasteiger partial charge in [0.25, 0.3) is 0 Å². The van der Waals surface area contributed by atoms with Gasteiger partial charge in [-0.1, -0.05) is 6.07 Å². The van der Waals surface area contributed by atoms with Crippen LogP contribution in [-0.4, -0.2) is 21.5 Å². The van der Waals surface area contributed by atoms with E-state index in [2.05, 4.69) is 4.72 Å². The zero-order chi connectivity index (χ0) is 16.3. The van der Waals surface area contributed by atoms with Crippen molar-refractivity contribution in [2.24, 2.45) is 0 Å². The minimum Gasteiger partial charge on any atom is -0.462 e. The second-order valence-electron chi connectivity index (χ2n) is 6.58. The molecular weight excluding hydrogens is 298 g/mol. The summed E-state index contributed by atoms with van der Waals surface area (Å²) in [5, 5.41) is 0. The molecule has 0 fully saturated rings. The Hall–Kier alpha value is -1.20. The third kappa shape index (κ3) is 3.96. The normalized spacial score (nSPS) is 19.4. The van der Waals surface area contributed by atoms with E-state index in [1.807, 2.05) is 32.9 Å². The van der Waals surface area contributed by atoms with Gasteiger partial charge < -0.3 is 4.74 Å². The fourth-order valence-electron chi connectivity index (χ4n) is 2.58. The van der Waals surface area contributed by atoms with E-state index in [0.29, 0.717) is 12.2 Å². The van der Waals surface area contributed by atoms with Crippen molar-refractivity contribution in [1.29, 1.82) is 0 Å². The Kier molecular flexibility index (Phi) is 5.40. The Morgan fingerprint density at radius 3 is 2.77 bits per heavy atom. The molecule has 5 heteroatoms. The van der Waals surface area contributed by atoms with Crippen LogP contribution in [0.4, 0.5) is 0 Å². The smallest absolute Gasteiger partial charge is 0.338 e. The third-order valence-corrected chi connectivity index (χ3v) is 5.38. The maximum Gasteiger partial charge on any atom is 0.338 e. The van der Waals surface area contributed by atoms with E-state index in [4.69, 9.17) is 4.74 Å². The van der Waals surface area contributed by atoms with E-state index >= 15 is 0 Å². The summed E-state index contributed by atoms with van der Waals surface area (Å²) in [5.74, 6) is -0.279. The minimum absolute atomic E-state index is 0.0834. The predicted molar refractivity (Wildman–Crippen MR) is 89.1 cm³/mol. The van der Waals surface area contributed by atoms with Crippen molar-refractivity contribution in [3.8, 4) is 0 Å². The summed E-state index contributed by atoms with van der Waals surface area (Å²) in [7, 11) is -1.10. The Labute approximate surface area is 135 Å². The molecule has 1 aromatic rings. The molecule has 2 atom stereocenters. The fraction of sp³-hybridized carbons (Fsp3) is 0.588. The van der Waals surface area contributed by atoms with Gasteiger partial charge >= 0.3 is 5.97 Å². The number of carbonyl (C=O) groups is 1. The Morgan fingerprint density at radius 2 is 2.14 bits per heavy atom. The summed E-state index contributed by atoms with van der Waals surface area (Å²) in [6, 6.07) is 5.77. The lowest BCUT2D eigenvalue weighted by atomic mass is 9.87. The van der Waals surface area contributed by atoms with E-state index < -0.39 is 11.0 Å². The summed E-state index contributed by atoms with van der Waals surface area (Å²) >= 11 is 0. The highest BCUT2D eigenvalue weighted by Crippen LogP contribution is 2.31. The molecule has 0 aliphatic heterocycles. The van der Waals surface area contributed by atoms with Crippen LogP contribution in [-0.2, 0) is 22.1 Å². The van der Waals surface area contributed by atoms with E-state index in [9.17, 15) is 9.00 Å². The Bertz CT molecular complexity index is 578. The number of rotatable bonds is 4. The maximum absolute atomic E-state index is 12.3. The van der Waals surface area contributed by atoms with Crippen LogP contribution >= 0.6 is 0 Å². The molecule has 0 heterocycles. The van der Waals surface area contributed by atoms with Gasteiger partial charge in [-0.05, 0) is 70.2 Å². The van der Waals surface area contributed by atoms with Crippen molar-refractivity contribution in [3.05, 3.63) is 34.9 Å². The molecule has 0 radical (unpaired) electrons. The molecule has 1 N–H and O–H groups in total. The first-order chi connectivity index (χ1) is 10.3. The first-order valence-electron chi connectivity index (χ1n) is 7.81. The van der Waals surface area contributed by atoms with Gasteiger partial charge in [-0.15, -0.1) is 0 Å². The van der Waals surface area contributed by atoms with Crippen LogP contribution in [0.25, 0.3) is 0 Å².